The summed E-state index contributed by atoms with van der Waals surface area (Å²) in [4.78, 5) is 29.9. The lowest BCUT2D eigenvalue weighted by Crippen LogP contribution is -2.46. The van der Waals surface area contributed by atoms with Gasteiger partial charge in [0.2, 0.25) is 0 Å². The van der Waals surface area contributed by atoms with Crippen LogP contribution < -0.4 is 4.90 Å². The molecule has 1 aliphatic rings. The van der Waals surface area contributed by atoms with Gasteiger partial charge in [0.05, 0.1) is 10.6 Å². The zero-order valence-corrected chi connectivity index (χ0v) is 21.9. The van der Waals surface area contributed by atoms with E-state index in [-0.39, 0.29) is 16.8 Å². The molecule has 37 heavy (non-hydrogen) atoms. The van der Waals surface area contributed by atoms with E-state index in [1.54, 1.807) is 53.4 Å². The largest absolute Gasteiger partial charge is 0.372 e. The minimum Gasteiger partial charge on any atom is -0.372 e. The Hall–Kier alpha value is -3.09. The molecule has 7 heteroatoms. The SMILES string of the molecule is O=C(c1ccc(Cl)cc1)C(C(=O)c1ccc(Cl)cc1)C1SC(c2ccccc2)C(O)N1c1ccccc1. The van der Waals surface area contributed by atoms with Crippen LogP contribution in [0.25, 0.3) is 0 Å². The average molecular weight is 548 g/mol. The second-order valence-electron chi connectivity index (χ2n) is 8.73. The van der Waals surface area contributed by atoms with Gasteiger partial charge in [-0.3, -0.25) is 9.59 Å². The van der Waals surface area contributed by atoms with E-state index < -0.39 is 17.5 Å². The molecule has 1 heterocycles. The maximum atomic E-state index is 14.0. The summed E-state index contributed by atoms with van der Waals surface area (Å²) in [6, 6.07) is 32.1. The summed E-state index contributed by atoms with van der Waals surface area (Å²) in [5, 5.41) is 11.6. The molecule has 1 aliphatic heterocycles. The van der Waals surface area contributed by atoms with Crippen molar-refractivity contribution in [3.05, 3.63) is 136 Å². The second kappa shape index (κ2) is 11.1. The molecule has 0 aromatic heterocycles. The summed E-state index contributed by atoms with van der Waals surface area (Å²) >= 11 is 13.6. The van der Waals surface area contributed by atoms with Crippen LogP contribution in [0.15, 0.2) is 109 Å². The average Bonchev–Trinajstić information content (AvgIpc) is 3.26. The third-order valence-corrected chi connectivity index (χ3v) is 8.50. The van der Waals surface area contributed by atoms with Gasteiger partial charge in [0.1, 0.15) is 12.1 Å². The summed E-state index contributed by atoms with van der Waals surface area (Å²) in [5.74, 6) is -1.78. The number of thioether (sulfide) groups is 1. The van der Waals surface area contributed by atoms with Gasteiger partial charge < -0.3 is 10.0 Å². The molecule has 4 aromatic carbocycles. The quantitative estimate of drug-likeness (QED) is 0.194. The Balaban J connectivity index is 1.63. The van der Waals surface area contributed by atoms with Crippen LogP contribution in [0, 0.1) is 5.92 Å². The van der Waals surface area contributed by atoms with Crippen molar-refractivity contribution in [3.8, 4) is 0 Å². The van der Waals surface area contributed by atoms with Crippen LogP contribution in [-0.4, -0.2) is 28.3 Å². The van der Waals surface area contributed by atoms with E-state index >= 15 is 0 Å². The van der Waals surface area contributed by atoms with Crippen LogP contribution in [0.2, 0.25) is 10.0 Å². The maximum absolute atomic E-state index is 14.0. The van der Waals surface area contributed by atoms with Crippen LogP contribution >= 0.6 is 35.0 Å². The van der Waals surface area contributed by atoms with Gasteiger partial charge in [-0.25, -0.2) is 0 Å². The molecule has 4 nitrogen and oxygen atoms in total. The minimum absolute atomic E-state index is 0.337. The van der Waals surface area contributed by atoms with E-state index in [0.717, 1.165) is 11.3 Å². The number of rotatable bonds is 7. The van der Waals surface area contributed by atoms with Crippen molar-refractivity contribution in [1.29, 1.82) is 0 Å². The van der Waals surface area contributed by atoms with E-state index in [0.29, 0.717) is 21.2 Å². The Morgan fingerprint density at radius 3 is 1.65 bits per heavy atom. The Kier molecular flexibility index (Phi) is 7.68. The van der Waals surface area contributed by atoms with Gasteiger partial charge >= 0.3 is 0 Å². The lowest BCUT2D eigenvalue weighted by Gasteiger charge is -2.33. The molecule has 0 aliphatic carbocycles. The zero-order chi connectivity index (χ0) is 25.9. The Morgan fingerprint density at radius 1 is 0.703 bits per heavy atom. The molecule has 0 saturated carbocycles. The first kappa shape index (κ1) is 25.6. The van der Waals surface area contributed by atoms with Crippen LogP contribution in [0.5, 0.6) is 0 Å². The van der Waals surface area contributed by atoms with Crippen LogP contribution in [0.1, 0.15) is 31.5 Å². The number of aliphatic hydroxyl groups excluding tert-OH is 1. The molecule has 186 valence electrons. The number of carbonyl (C=O) groups is 2. The summed E-state index contributed by atoms with van der Waals surface area (Å²) in [7, 11) is 0. The normalized spacial score (nSPS) is 19.2. The fourth-order valence-corrected chi connectivity index (χ4v) is 6.50. The van der Waals surface area contributed by atoms with Gasteiger partial charge in [0.25, 0.3) is 0 Å². The Morgan fingerprint density at radius 2 is 1.16 bits per heavy atom. The molecule has 1 N–H and O–H groups in total. The van der Waals surface area contributed by atoms with Gasteiger partial charge in [0.15, 0.2) is 11.6 Å². The number of aliphatic hydroxyl groups is 1. The molecule has 0 radical (unpaired) electrons. The fraction of sp³-hybridized carbons (Fsp3) is 0.133. The van der Waals surface area contributed by atoms with Crippen LogP contribution in [0.4, 0.5) is 5.69 Å². The number of hydrogen-bond acceptors (Lipinski definition) is 5. The number of ketones is 2. The Bertz CT molecular complexity index is 1320. The summed E-state index contributed by atoms with van der Waals surface area (Å²) in [5.41, 5.74) is 2.40. The van der Waals surface area contributed by atoms with E-state index in [2.05, 4.69) is 0 Å². The second-order valence-corrected chi connectivity index (χ2v) is 10.9. The van der Waals surface area contributed by atoms with Gasteiger partial charge in [-0.15, -0.1) is 11.8 Å². The van der Waals surface area contributed by atoms with Crippen LogP contribution in [0.3, 0.4) is 0 Å². The van der Waals surface area contributed by atoms with Crippen molar-refractivity contribution in [2.24, 2.45) is 5.92 Å². The van der Waals surface area contributed by atoms with Crippen molar-refractivity contribution < 1.29 is 14.7 Å². The highest BCUT2D eigenvalue weighted by molar-refractivity contribution is 8.00. The molecular weight excluding hydrogens is 525 g/mol. The lowest BCUT2D eigenvalue weighted by atomic mass is 9.88. The fourth-order valence-electron chi connectivity index (χ4n) is 4.58. The highest BCUT2D eigenvalue weighted by atomic mass is 35.5. The van der Waals surface area contributed by atoms with Crippen molar-refractivity contribution >= 4 is 52.2 Å². The topological polar surface area (TPSA) is 57.6 Å². The number of benzene rings is 4. The molecule has 3 atom stereocenters. The molecule has 4 aromatic rings. The maximum Gasteiger partial charge on any atom is 0.176 e. The van der Waals surface area contributed by atoms with Gasteiger partial charge in [0, 0.05) is 26.9 Å². The molecule has 0 amide bonds. The molecular formula is C30H23Cl2NO3S. The highest BCUT2D eigenvalue weighted by Gasteiger charge is 2.50. The smallest absolute Gasteiger partial charge is 0.176 e. The first-order valence-corrected chi connectivity index (χ1v) is 13.5. The minimum atomic E-state index is -1.10. The number of para-hydroxylation sites is 1. The summed E-state index contributed by atoms with van der Waals surface area (Å²) in [6.45, 7) is 0. The number of Topliss-reactive ketones (excluding diaryl/α,β-unsaturated/α-hetero) is 2. The first-order chi connectivity index (χ1) is 17.9. The number of nitrogens with zero attached hydrogens (tertiary/aromatic N) is 1. The first-order valence-electron chi connectivity index (χ1n) is 11.8. The third kappa shape index (κ3) is 5.32. The van der Waals surface area contributed by atoms with Crippen LogP contribution in [-0.2, 0) is 0 Å². The molecule has 0 spiro atoms. The molecule has 0 bridgehead atoms. The molecule has 5 rings (SSSR count). The highest BCUT2D eigenvalue weighted by Crippen LogP contribution is 2.50. The van der Waals surface area contributed by atoms with Crippen molar-refractivity contribution in [2.75, 3.05) is 4.90 Å². The summed E-state index contributed by atoms with van der Waals surface area (Å²) in [6.07, 6.45) is -0.960. The van der Waals surface area contributed by atoms with Crippen molar-refractivity contribution in [2.45, 2.75) is 16.9 Å². The predicted octanol–water partition coefficient (Wildman–Crippen LogP) is 7.31. The zero-order valence-electron chi connectivity index (χ0n) is 19.6. The molecule has 1 saturated heterocycles. The predicted molar refractivity (Wildman–Crippen MR) is 151 cm³/mol. The molecule has 1 fully saturated rings. The monoisotopic (exact) mass is 547 g/mol. The van der Waals surface area contributed by atoms with E-state index in [1.165, 1.54) is 11.8 Å². The summed E-state index contributed by atoms with van der Waals surface area (Å²) < 4.78 is 0. The third-order valence-electron chi connectivity index (χ3n) is 6.41. The van der Waals surface area contributed by atoms with E-state index in [9.17, 15) is 14.7 Å². The number of carbonyl (C=O) groups excluding carboxylic acids is 2. The van der Waals surface area contributed by atoms with Gasteiger partial charge in [-0.1, -0.05) is 71.7 Å². The number of hydrogen-bond donors (Lipinski definition) is 1. The lowest BCUT2D eigenvalue weighted by molar-refractivity contribution is 0.0794. The van der Waals surface area contributed by atoms with Gasteiger partial charge in [-0.2, -0.15) is 0 Å². The van der Waals surface area contributed by atoms with Crippen molar-refractivity contribution in [3.63, 3.8) is 0 Å². The van der Waals surface area contributed by atoms with Gasteiger partial charge in [-0.05, 0) is 66.2 Å². The van der Waals surface area contributed by atoms with E-state index in [4.69, 9.17) is 23.2 Å². The standard InChI is InChI=1S/C30H23Cl2NO3S/c31-22-15-11-19(12-16-22)26(34)25(27(35)20-13-17-23(32)18-14-20)30-33(24-9-5-2-6-10-24)29(36)28(37-30)21-7-3-1-4-8-21/h1-18,25,28-30,36H. The molecule has 3 unspecified atom stereocenters. The van der Waals surface area contributed by atoms with Crippen molar-refractivity contribution in [1.82, 2.24) is 0 Å². The Labute approximate surface area is 229 Å². The van der Waals surface area contributed by atoms with E-state index in [1.807, 2.05) is 60.7 Å². The number of anilines is 1. The number of halogens is 2.